The minimum Gasteiger partial charge on any atom is -0.392 e. The minimum atomic E-state index is -3.23. The number of sulfonamides is 1. The Kier molecular flexibility index (Phi) is 5.13. The molecule has 0 aromatic heterocycles. The van der Waals surface area contributed by atoms with Gasteiger partial charge in [-0.25, -0.2) is 8.42 Å². The van der Waals surface area contributed by atoms with E-state index in [1.807, 2.05) is 18.2 Å². The maximum absolute atomic E-state index is 11.4. The maximum atomic E-state index is 11.4. The van der Waals surface area contributed by atoms with Gasteiger partial charge in [0, 0.05) is 20.1 Å². The third-order valence-electron chi connectivity index (χ3n) is 2.54. The number of rotatable bonds is 6. The molecule has 0 aliphatic rings. The topological polar surface area (TPSA) is 69.6 Å². The van der Waals surface area contributed by atoms with Crippen molar-refractivity contribution in [3.8, 4) is 0 Å². The second kappa shape index (κ2) is 6.17. The average Bonchev–Trinajstić information content (AvgIpc) is 2.26. The van der Waals surface area contributed by atoms with Gasteiger partial charge in [-0.15, -0.1) is 0 Å². The molecular formula is C12H20N2O3S. The SMILES string of the molecule is C[C@H](O)CNCc1cccc(N(C)S(C)(=O)=O)c1. The highest BCUT2D eigenvalue weighted by atomic mass is 32.2. The van der Waals surface area contributed by atoms with Gasteiger partial charge in [-0.1, -0.05) is 12.1 Å². The first-order valence-corrected chi connectivity index (χ1v) is 7.57. The summed E-state index contributed by atoms with van der Waals surface area (Å²) >= 11 is 0. The average molecular weight is 272 g/mol. The van der Waals surface area contributed by atoms with Gasteiger partial charge < -0.3 is 10.4 Å². The van der Waals surface area contributed by atoms with Crippen LogP contribution in [0.2, 0.25) is 0 Å². The third-order valence-corrected chi connectivity index (χ3v) is 3.75. The van der Waals surface area contributed by atoms with E-state index in [4.69, 9.17) is 5.11 Å². The van der Waals surface area contributed by atoms with Crippen molar-refractivity contribution in [2.24, 2.45) is 0 Å². The predicted molar refractivity (Wildman–Crippen MR) is 73.1 cm³/mol. The highest BCUT2D eigenvalue weighted by molar-refractivity contribution is 7.92. The smallest absolute Gasteiger partial charge is 0.231 e. The first-order chi connectivity index (χ1) is 8.30. The fraction of sp³-hybridized carbons (Fsp3) is 0.500. The Balaban J connectivity index is 2.74. The van der Waals surface area contributed by atoms with Gasteiger partial charge in [0.15, 0.2) is 0 Å². The Morgan fingerprint density at radius 2 is 2.11 bits per heavy atom. The molecule has 0 fully saturated rings. The summed E-state index contributed by atoms with van der Waals surface area (Å²) in [5.74, 6) is 0. The van der Waals surface area contributed by atoms with E-state index in [-0.39, 0.29) is 0 Å². The zero-order valence-electron chi connectivity index (χ0n) is 10.9. The standard InChI is InChI=1S/C12H20N2O3S/c1-10(15)8-13-9-11-5-4-6-12(7-11)14(2)18(3,16)17/h4-7,10,13,15H,8-9H2,1-3H3/t10-/m0/s1. The monoisotopic (exact) mass is 272 g/mol. The molecule has 0 radical (unpaired) electrons. The lowest BCUT2D eigenvalue weighted by molar-refractivity contribution is 0.191. The molecule has 0 saturated heterocycles. The Bertz CT molecular complexity index is 486. The van der Waals surface area contributed by atoms with Gasteiger partial charge in [0.05, 0.1) is 18.0 Å². The molecule has 0 bridgehead atoms. The lowest BCUT2D eigenvalue weighted by Gasteiger charge is -2.17. The van der Waals surface area contributed by atoms with Crippen LogP contribution in [0.4, 0.5) is 5.69 Å². The number of anilines is 1. The normalized spacial score (nSPS) is 13.3. The van der Waals surface area contributed by atoms with Crippen LogP contribution in [-0.4, -0.2) is 39.5 Å². The molecule has 0 amide bonds. The van der Waals surface area contributed by atoms with Crippen molar-refractivity contribution in [3.05, 3.63) is 29.8 Å². The molecule has 0 aliphatic heterocycles. The van der Waals surface area contributed by atoms with Gasteiger partial charge in [-0.2, -0.15) is 0 Å². The van der Waals surface area contributed by atoms with Crippen LogP contribution in [0, 0.1) is 0 Å². The molecule has 1 aromatic carbocycles. The lowest BCUT2D eigenvalue weighted by Crippen LogP contribution is -2.26. The largest absolute Gasteiger partial charge is 0.392 e. The van der Waals surface area contributed by atoms with Gasteiger partial charge >= 0.3 is 0 Å². The lowest BCUT2D eigenvalue weighted by atomic mass is 10.2. The van der Waals surface area contributed by atoms with Crippen molar-refractivity contribution in [1.29, 1.82) is 0 Å². The van der Waals surface area contributed by atoms with E-state index in [1.165, 1.54) is 17.6 Å². The summed E-state index contributed by atoms with van der Waals surface area (Å²) in [5, 5.41) is 12.2. The quantitative estimate of drug-likeness (QED) is 0.793. The second-order valence-electron chi connectivity index (χ2n) is 4.38. The first-order valence-electron chi connectivity index (χ1n) is 5.72. The summed E-state index contributed by atoms with van der Waals surface area (Å²) in [5.41, 5.74) is 1.61. The van der Waals surface area contributed by atoms with Crippen LogP contribution < -0.4 is 9.62 Å². The Morgan fingerprint density at radius 1 is 1.44 bits per heavy atom. The second-order valence-corrected chi connectivity index (χ2v) is 6.39. The third kappa shape index (κ3) is 4.64. The molecule has 0 aliphatic carbocycles. The van der Waals surface area contributed by atoms with Crippen LogP contribution in [0.15, 0.2) is 24.3 Å². The minimum absolute atomic E-state index is 0.396. The van der Waals surface area contributed by atoms with Gasteiger partial charge in [0.1, 0.15) is 0 Å². The van der Waals surface area contributed by atoms with Crippen LogP contribution in [0.3, 0.4) is 0 Å². The molecule has 1 rings (SSSR count). The van der Waals surface area contributed by atoms with Crippen molar-refractivity contribution in [2.45, 2.75) is 19.6 Å². The fourth-order valence-corrected chi connectivity index (χ4v) is 1.98. The van der Waals surface area contributed by atoms with Crippen LogP contribution in [-0.2, 0) is 16.6 Å². The Labute approximate surface area is 108 Å². The van der Waals surface area contributed by atoms with Gasteiger partial charge in [-0.3, -0.25) is 4.31 Å². The molecule has 1 aromatic rings. The zero-order chi connectivity index (χ0) is 13.8. The van der Waals surface area contributed by atoms with Gasteiger partial charge in [-0.05, 0) is 24.6 Å². The predicted octanol–water partition coefficient (Wildman–Crippen LogP) is 0.553. The van der Waals surface area contributed by atoms with Crippen LogP contribution in [0.1, 0.15) is 12.5 Å². The number of aliphatic hydroxyl groups excluding tert-OH is 1. The zero-order valence-corrected chi connectivity index (χ0v) is 11.7. The molecule has 5 nitrogen and oxygen atoms in total. The highest BCUT2D eigenvalue weighted by Gasteiger charge is 2.11. The molecule has 0 spiro atoms. The van der Waals surface area contributed by atoms with Crippen molar-refractivity contribution >= 4 is 15.7 Å². The summed E-state index contributed by atoms with van der Waals surface area (Å²) in [7, 11) is -1.71. The molecule has 1 atom stereocenters. The summed E-state index contributed by atoms with van der Waals surface area (Å²) in [4.78, 5) is 0. The van der Waals surface area contributed by atoms with Crippen LogP contribution in [0.25, 0.3) is 0 Å². The number of nitrogens with one attached hydrogen (secondary N) is 1. The van der Waals surface area contributed by atoms with E-state index in [2.05, 4.69) is 5.32 Å². The Morgan fingerprint density at radius 3 is 2.67 bits per heavy atom. The number of benzene rings is 1. The highest BCUT2D eigenvalue weighted by Crippen LogP contribution is 2.17. The van der Waals surface area contributed by atoms with E-state index < -0.39 is 16.1 Å². The summed E-state index contributed by atoms with van der Waals surface area (Å²) < 4.78 is 24.1. The van der Waals surface area contributed by atoms with Crippen molar-refractivity contribution in [3.63, 3.8) is 0 Å². The van der Waals surface area contributed by atoms with Gasteiger partial charge in [0.25, 0.3) is 0 Å². The van der Waals surface area contributed by atoms with E-state index in [9.17, 15) is 8.42 Å². The molecule has 0 unspecified atom stereocenters. The molecule has 0 heterocycles. The summed E-state index contributed by atoms with van der Waals surface area (Å²) in [6.45, 7) is 2.81. The van der Waals surface area contributed by atoms with Crippen molar-refractivity contribution in [1.82, 2.24) is 5.32 Å². The molecule has 0 saturated carbocycles. The number of hydrogen-bond donors (Lipinski definition) is 2. The van der Waals surface area contributed by atoms with Crippen LogP contribution in [0.5, 0.6) is 0 Å². The maximum Gasteiger partial charge on any atom is 0.231 e. The summed E-state index contributed by atoms with van der Waals surface area (Å²) in [6.07, 6.45) is 0.776. The van der Waals surface area contributed by atoms with Crippen molar-refractivity contribution < 1.29 is 13.5 Å². The number of nitrogens with zero attached hydrogens (tertiary/aromatic N) is 1. The molecule has 102 valence electrons. The molecule has 18 heavy (non-hydrogen) atoms. The molecule has 6 heteroatoms. The fourth-order valence-electron chi connectivity index (χ4n) is 1.48. The van der Waals surface area contributed by atoms with E-state index in [0.717, 1.165) is 5.56 Å². The summed E-state index contributed by atoms with van der Waals surface area (Å²) in [6, 6.07) is 7.29. The number of hydrogen-bond acceptors (Lipinski definition) is 4. The van der Waals surface area contributed by atoms with Gasteiger partial charge in [0.2, 0.25) is 10.0 Å². The van der Waals surface area contributed by atoms with E-state index >= 15 is 0 Å². The Hall–Kier alpha value is -1.11. The molecule has 2 N–H and O–H groups in total. The van der Waals surface area contributed by atoms with E-state index in [1.54, 1.807) is 13.0 Å². The molecular weight excluding hydrogens is 252 g/mol. The van der Waals surface area contributed by atoms with E-state index in [0.29, 0.717) is 18.8 Å². The van der Waals surface area contributed by atoms with Crippen LogP contribution >= 0.6 is 0 Å². The van der Waals surface area contributed by atoms with Crippen molar-refractivity contribution in [2.75, 3.05) is 24.2 Å². The number of aliphatic hydroxyl groups is 1. The first kappa shape index (κ1) is 14.9.